The topological polar surface area (TPSA) is 59.1 Å². The smallest absolute Gasteiger partial charge is 0.243 e. The summed E-state index contributed by atoms with van der Waals surface area (Å²) in [5, 5.41) is 0. The molecule has 0 N–H and O–H groups in total. The molecule has 0 spiro atoms. The zero-order valence-electron chi connectivity index (χ0n) is 19.5. The van der Waals surface area contributed by atoms with Crippen LogP contribution < -0.4 is 4.74 Å². The molecule has 0 heterocycles. The summed E-state index contributed by atoms with van der Waals surface area (Å²) in [5.74, 6) is 0.652. The summed E-state index contributed by atoms with van der Waals surface area (Å²) in [6, 6.07) is 6.61. The molecule has 0 saturated heterocycles. The molecule has 1 fully saturated rings. The third-order valence-corrected chi connectivity index (χ3v) is 8.05. The van der Waals surface area contributed by atoms with Gasteiger partial charge in [0.2, 0.25) is 10.0 Å². The summed E-state index contributed by atoms with van der Waals surface area (Å²) >= 11 is 0. The van der Waals surface area contributed by atoms with E-state index in [1.807, 2.05) is 6.08 Å². The van der Waals surface area contributed by atoms with Crippen LogP contribution in [0.15, 0.2) is 41.8 Å². The molecule has 1 aliphatic rings. The maximum absolute atomic E-state index is 12.9. The van der Waals surface area contributed by atoms with Crippen LogP contribution >= 0.6 is 0 Å². The Hall–Kier alpha value is -1.41. The molecular weight excluding hydrogens is 412 g/mol. The van der Waals surface area contributed by atoms with Crippen LogP contribution in [0.1, 0.15) is 51.4 Å². The van der Waals surface area contributed by atoms with Crippen molar-refractivity contribution in [1.82, 2.24) is 9.21 Å². The van der Waals surface area contributed by atoms with Crippen LogP contribution in [0.2, 0.25) is 0 Å². The Morgan fingerprint density at radius 3 is 2.29 bits per heavy atom. The van der Waals surface area contributed by atoms with Crippen molar-refractivity contribution in [2.45, 2.75) is 68.4 Å². The predicted octanol–water partition coefficient (Wildman–Crippen LogP) is 4.32. The quantitative estimate of drug-likeness (QED) is 0.311. The minimum Gasteiger partial charge on any atom is -0.497 e. The Balaban J connectivity index is 1.65. The number of rotatable bonds is 14. The molecule has 0 aliphatic heterocycles. The van der Waals surface area contributed by atoms with Gasteiger partial charge in [0.05, 0.1) is 18.1 Å². The molecule has 176 valence electrons. The van der Waals surface area contributed by atoms with Gasteiger partial charge in [-0.3, -0.25) is 0 Å². The van der Waals surface area contributed by atoms with Crippen molar-refractivity contribution < 1.29 is 17.9 Å². The molecule has 1 aliphatic carbocycles. The normalized spacial score (nSPS) is 19.6. The van der Waals surface area contributed by atoms with Gasteiger partial charge in [-0.25, -0.2) is 8.42 Å². The van der Waals surface area contributed by atoms with Crippen molar-refractivity contribution in [3.05, 3.63) is 36.9 Å². The van der Waals surface area contributed by atoms with E-state index >= 15 is 0 Å². The first-order chi connectivity index (χ1) is 14.9. The minimum absolute atomic E-state index is 0.0273. The van der Waals surface area contributed by atoms with Gasteiger partial charge in [0.15, 0.2) is 0 Å². The second kappa shape index (κ2) is 13.2. The Kier molecular flexibility index (Phi) is 11.0. The van der Waals surface area contributed by atoms with Crippen molar-refractivity contribution in [1.29, 1.82) is 0 Å². The third-order valence-electron chi connectivity index (χ3n) is 6.12. The van der Waals surface area contributed by atoms with Gasteiger partial charge in [-0.05, 0) is 76.4 Å². The first-order valence-corrected chi connectivity index (χ1v) is 12.9. The van der Waals surface area contributed by atoms with Crippen molar-refractivity contribution >= 4 is 10.0 Å². The number of unbranched alkanes of at least 4 members (excludes halogenated alkanes) is 3. The van der Waals surface area contributed by atoms with Crippen LogP contribution in [0.4, 0.5) is 0 Å². The highest BCUT2D eigenvalue weighted by molar-refractivity contribution is 7.89. The van der Waals surface area contributed by atoms with Gasteiger partial charge >= 0.3 is 0 Å². The third kappa shape index (κ3) is 8.22. The van der Waals surface area contributed by atoms with Crippen molar-refractivity contribution in [3.8, 4) is 5.75 Å². The van der Waals surface area contributed by atoms with Gasteiger partial charge in [-0.2, -0.15) is 4.31 Å². The second-order valence-corrected chi connectivity index (χ2v) is 10.5. The number of methoxy groups -OCH3 is 1. The first-order valence-electron chi connectivity index (χ1n) is 11.4. The minimum atomic E-state index is -3.49. The van der Waals surface area contributed by atoms with Gasteiger partial charge < -0.3 is 14.4 Å². The molecule has 1 aromatic carbocycles. The first kappa shape index (κ1) is 25.8. The number of hydrogen-bond donors (Lipinski definition) is 0. The Morgan fingerprint density at radius 1 is 1.03 bits per heavy atom. The highest BCUT2D eigenvalue weighted by Crippen LogP contribution is 2.29. The summed E-state index contributed by atoms with van der Waals surface area (Å²) in [6.45, 7) is 6.63. The summed E-state index contributed by atoms with van der Waals surface area (Å²) in [5.41, 5.74) is 0. The fourth-order valence-electron chi connectivity index (χ4n) is 4.08. The number of likely N-dealkylation sites (N-methyl/N-ethyl adjacent to an activating group) is 1. The monoisotopic (exact) mass is 452 g/mol. The standard InChI is InChI=1S/C24H40N2O4S/c1-5-18-25(2)19-8-6-7-9-20-30-23-12-10-21(11-13-23)26(3)31(27,28)24-16-14-22(29-4)15-17-24/h5,14-17,21,23H,1,6-13,18-20H2,2-4H3/t21-,23-. The lowest BCUT2D eigenvalue weighted by Crippen LogP contribution is -2.40. The van der Waals surface area contributed by atoms with E-state index in [0.717, 1.165) is 51.8 Å². The van der Waals surface area contributed by atoms with Crippen molar-refractivity contribution in [2.75, 3.05) is 40.9 Å². The second-order valence-electron chi connectivity index (χ2n) is 8.46. The molecule has 0 atom stereocenters. The predicted molar refractivity (Wildman–Crippen MR) is 126 cm³/mol. The molecule has 2 rings (SSSR count). The highest BCUT2D eigenvalue weighted by atomic mass is 32.2. The van der Waals surface area contributed by atoms with Gasteiger partial charge in [0.25, 0.3) is 0 Å². The van der Waals surface area contributed by atoms with Crippen LogP contribution in [0.5, 0.6) is 5.75 Å². The lowest BCUT2D eigenvalue weighted by Gasteiger charge is -2.34. The number of ether oxygens (including phenoxy) is 2. The van der Waals surface area contributed by atoms with Crippen LogP contribution in [-0.4, -0.2) is 70.7 Å². The Morgan fingerprint density at radius 2 is 1.68 bits per heavy atom. The van der Waals surface area contributed by atoms with Crippen molar-refractivity contribution in [2.24, 2.45) is 0 Å². The van der Waals surface area contributed by atoms with Crippen LogP contribution in [0.3, 0.4) is 0 Å². The summed E-state index contributed by atoms with van der Waals surface area (Å²) in [6.07, 6.45) is 10.4. The summed E-state index contributed by atoms with van der Waals surface area (Å²) < 4.78 is 38.6. The highest BCUT2D eigenvalue weighted by Gasteiger charge is 2.31. The maximum atomic E-state index is 12.9. The fraction of sp³-hybridized carbons (Fsp3) is 0.667. The maximum Gasteiger partial charge on any atom is 0.243 e. The average Bonchev–Trinajstić information content (AvgIpc) is 2.78. The largest absolute Gasteiger partial charge is 0.497 e. The summed E-state index contributed by atoms with van der Waals surface area (Å²) in [7, 11) is 1.90. The molecule has 31 heavy (non-hydrogen) atoms. The number of benzene rings is 1. The van der Waals surface area contributed by atoms with Crippen LogP contribution in [0, 0.1) is 0 Å². The van der Waals surface area contributed by atoms with E-state index in [0.29, 0.717) is 10.6 Å². The Bertz CT molecular complexity index is 743. The zero-order chi connectivity index (χ0) is 22.7. The number of nitrogens with zero attached hydrogens (tertiary/aromatic N) is 2. The molecule has 1 saturated carbocycles. The van der Waals surface area contributed by atoms with Crippen LogP contribution in [-0.2, 0) is 14.8 Å². The Labute approximate surface area is 189 Å². The molecule has 0 bridgehead atoms. The van der Waals surface area contributed by atoms with Crippen LogP contribution in [0.25, 0.3) is 0 Å². The van der Waals surface area contributed by atoms with Gasteiger partial charge in [-0.15, -0.1) is 6.58 Å². The van der Waals surface area contributed by atoms with Gasteiger partial charge in [-0.1, -0.05) is 18.9 Å². The molecule has 0 amide bonds. The molecular formula is C24H40N2O4S. The van der Waals surface area contributed by atoms with Gasteiger partial charge in [0, 0.05) is 26.2 Å². The lowest BCUT2D eigenvalue weighted by atomic mass is 9.93. The SMILES string of the molecule is C=CCN(C)CCCCCCO[C@H]1CC[C@H](N(C)S(=O)(=O)c2ccc(OC)cc2)CC1. The van der Waals surface area contributed by atoms with E-state index in [4.69, 9.17) is 9.47 Å². The van der Waals surface area contributed by atoms with Gasteiger partial charge in [0.1, 0.15) is 5.75 Å². The molecule has 0 radical (unpaired) electrons. The van der Waals surface area contributed by atoms with E-state index in [-0.39, 0.29) is 12.1 Å². The molecule has 0 unspecified atom stereocenters. The molecule has 7 heteroatoms. The van der Waals surface area contributed by atoms with Crippen molar-refractivity contribution in [3.63, 3.8) is 0 Å². The van der Waals surface area contributed by atoms with E-state index < -0.39 is 10.0 Å². The number of hydrogen-bond acceptors (Lipinski definition) is 5. The average molecular weight is 453 g/mol. The van der Waals surface area contributed by atoms with E-state index in [1.165, 1.54) is 23.6 Å². The fourth-order valence-corrected chi connectivity index (χ4v) is 5.50. The molecule has 0 aromatic heterocycles. The molecule has 1 aromatic rings. The van der Waals surface area contributed by atoms with E-state index in [9.17, 15) is 8.42 Å². The lowest BCUT2D eigenvalue weighted by molar-refractivity contribution is 0.0156. The summed E-state index contributed by atoms with van der Waals surface area (Å²) in [4.78, 5) is 2.60. The van der Waals surface area contributed by atoms with E-state index in [1.54, 1.807) is 38.4 Å². The number of sulfonamides is 1. The van der Waals surface area contributed by atoms with E-state index in [2.05, 4.69) is 18.5 Å². The molecule has 6 nitrogen and oxygen atoms in total. The zero-order valence-corrected chi connectivity index (χ0v) is 20.3.